The van der Waals surface area contributed by atoms with Gasteiger partial charge in [0, 0.05) is 5.56 Å². The van der Waals surface area contributed by atoms with Crippen molar-refractivity contribution in [2.45, 2.75) is 57.9 Å². The van der Waals surface area contributed by atoms with Gasteiger partial charge in [0.25, 0.3) is 5.91 Å². The molecule has 25 heavy (non-hydrogen) atoms. The Bertz CT molecular complexity index is 695. The predicted molar refractivity (Wildman–Crippen MR) is 95.5 cm³/mol. The first-order valence-electron chi connectivity index (χ1n) is 9.12. The minimum absolute atomic E-state index is 0.100. The maximum Gasteiger partial charge on any atom is 0.325 e. The van der Waals surface area contributed by atoms with Gasteiger partial charge in [-0.15, -0.1) is 0 Å². The molecule has 3 rings (SSSR count). The fraction of sp³-hybridized carbons (Fsp3) is 0.550. The summed E-state index contributed by atoms with van der Waals surface area (Å²) in [6.45, 7) is 6.00. The molecule has 0 radical (unpaired) electrons. The fourth-order valence-electron chi connectivity index (χ4n) is 3.93. The summed E-state index contributed by atoms with van der Waals surface area (Å²) in [6, 6.07) is 6.96. The van der Waals surface area contributed by atoms with Crippen molar-refractivity contribution in [3.8, 4) is 0 Å². The van der Waals surface area contributed by atoms with Gasteiger partial charge in [-0.2, -0.15) is 0 Å². The molecule has 1 saturated heterocycles. The van der Waals surface area contributed by atoms with Crippen molar-refractivity contribution in [3.63, 3.8) is 0 Å². The number of amides is 3. The number of hydrogen-bond donors (Lipinski definition) is 1. The Kier molecular flexibility index (Phi) is 4.67. The molecule has 1 saturated carbocycles. The lowest BCUT2D eigenvalue weighted by molar-refractivity contribution is -0.133. The molecule has 3 amide bonds. The maximum atomic E-state index is 12.9. The quantitative estimate of drug-likeness (QED) is 0.673. The third kappa shape index (κ3) is 3.08. The second-order valence-corrected chi connectivity index (χ2v) is 7.64. The Morgan fingerprint density at radius 1 is 1.24 bits per heavy atom. The number of ketones is 1. The van der Waals surface area contributed by atoms with Gasteiger partial charge in [-0.3, -0.25) is 14.5 Å². The number of rotatable bonds is 4. The minimum Gasteiger partial charge on any atom is -0.323 e. The SMILES string of the molecule is CC(C)c1ccc(C(=O)CN2C(=O)N[C@@]3(CCCC[C@H]3C)C2=O)cc1. The first-order valence-corrected chi connectivity index (χ1v) is 9.12. The van der Waals surface area contributed by atoms with Crippen molar-refractivity contribution in [2.75, 3.05) is 6.54 Å². The van der Waals surface area contributed by atoms with E-state index in [-0.39, 0.29) is 24.2 Å². The second-order valence-electron chi connectivity index (χ2n) is 7.64. The molecule has 5 nitrogen and oxygen atoms in total. The van der Waals surface area contributed by atoms with E-state index >= 15 is 0 Å². The van der Waals surface area contributed by atoms with Crippen LogP contribution in [0.2, 0.25) is 0 Å². The molecule has 2 atom stereocenters. The summed E-state index contributed by atoms with van der Waals surface area (Å²) < 4.78 is 0. The van der Waals surface area contributed by atoms with Crippen LogP contribution in [-0.4, -0.2) is 34.7 Å². The molecule has 0 aromatic heterocycles. The molecule has 0 bridgehead atoms. The Labute approximate surface area is 148 Å². The molecule has 1 aliphatic carbocycles. The summed E-state index contributed by atoms with van der Waals surface area (Å²) >= 11 is 0. The van der Waals surface area contributed by atoms with Crippen molar-refractivity contribution >= 4 is 17.7 Å². The van der Waals surface area contributed by atoms with Gasteiger partial charge in [-0.05, 0) is 30.2 Å². The van der Waals surface area contributed by atoms with Gasteiger partial charge in [0.2, 0.25) is 0 Å². The van der Waals surface area contributed by atoms with Crippen molar-refractivity contribution in [2.24, 2.45) is 5.92 Å². The summed E-state index contributed by atoms with van der Waals surface area (Å²) in [7, 11) is 0. The lowest BCUT2D eigenvalue weighted by Crippen LogP contribution is -2.54. The van der Waals surface area contributed by atoms with Crippen molar-refractivity contribution in [1.29, 1.82) is 0 Å². The Morgan fingerprint density at radius 2 is 1.92 bits per heavy atom. The van der Waals surface area contributed by atoms with Gasteiger partial charge in [0.1, 0.15) is 5.54 Å². The fourth-order valence-corrected chi connectivity index (χ4v) is 3.93. The molecule has 1 aromatic carbocycles. The summed E-state index contributed by atoms with van der Waals surface area (Å²) in [5, 5.41) is 2.88. The average Bonchev–Trinajstić information content (AvgIpc) is 2.82. The predicted octanol–water partition coefficient (Wildman–Crippen LogP) is 3.49. The number of imide groups is 1. The number of urea groups is 1. The van der Waals surface area contributed by atoms with E-state index < -0.39 is 11.6 Å². The van der Waals surface area contributed by atoms with Gasteiger partial charge in [-0.25, -0.2) is 4.79 Å². The van der Waals surface area contributed by atoms with E-state index in [0.29, 0.717) is 17.9 Å². The van der Waals surface area contributed by atoms with Crippen molar-refractivity contribution < 1.29 is 14.4 Å². The van der Waals surface area contributed by atoms with Gasteiger partial charge < -0.3 is 5.32 Å². The minimum atomic E-state index is -0.808. The molecule has 1 heterocycles. The smallest absolute Gasteiger partial charge is 0.323 e. The van der Waals surface area contributed by atoms with Crippen molar-refractivity contribution in [1.82, 2.24) is 10.2 Å². The van der Waals surface area contributed by atoms with E-state index in [4.69, 9.17) is 0 Å². The molecule has 1 spiro atoms. The largest absolute Gasteiger partial charge is 0.325 e. The van der Waals surface area contributed by atoms with Gasteiger partial charge >= 0.3 is 6.03 Å². The van der Waals surface area contributed by atoms with E-state index in [1.54, 1.807) is 12.1 Å². The zero-order valence-corrected chi connectivity index (χ0v) is 15.2. The second kappa shape index (κ2) is 6.62. The molecular weight excluding hydrogens is 316 g/mol. The summed E-state index contributed by atoms with van der Waals surface area (Å²) in [5.41, 5.74) is 0.876. The van der Waals surface area contributed by atoms with Gasteiger partial charge in [-0.1, -0.05) is 57.9 Å². The van der Waals surface area contributed by atoms with Gasteiger partial charge in [0.05, 0.1) is 6.54 Å². The molecule has 134 valence electrons. The normalized spacial score (nSPS) is 26.4. The monoisotopic (exact) mass is 342 g/mol. The van der Waals surface area contributed by atoms with E-state index in [0.717, 1.165) is 29.7 Å². The van der Waals surface area contributed by atoms with Crippen LogP contribution in [0.3, 0.4) is 0 Å². The molecule has 1 aromatic rings. The van der Waals surface area contributed by atoms with Crippen LogP contribution in [-0.2, 0) is 4.79 Å². The van der Waals surface area contributed by atoms with Crippen LogP contribution in [0.15, 0.2) is 24.3 Å². The zero-order chi connectivity index (χ0) is 18.2. The number of carbonyl (C=O) groups excluding carboxylic acids is 3. The lowest BCUT2D eigenvalue weighted by Gasteiger charge is -2.36. The molecule has 1 aliphatic heterocycles. The molecule has 1 N–H and O–H groups in total. The van der Waals surface area contributed by atoms with Crippen LogP contribution < -0.4 is 5.32 Å². The van der Waals surface area contributed by atoms with Crippen LogP contribution in [0.5, 0.6) is 0 Å². The molecule has 0 unspecified atom stereocenters. The van der Waals surface area contributed by atoms with Gasteiger partial charge in [0.15, 0.2) is 5.78 Å². The zero-order valence-electron chi connectivity index (χ0n) is 15.2. The summed E-state index contributed by atoms with van der Waals surface area (Å²) in [6.07, 6.45) is 3.58. The first-order chi connectivity index (χ1) is 11.8. The number of carbonyl (C=O) groups is 3. The number of benzene rings is 1. The van der Waals surface area contributed by atoms with E-state index in [1.807, 2.05) is 19.1 Å². The summed E-state index contributed by atoms with van der Waals surface area (Å²) in [5.74, 6) is 0.0435. The highest BCUT2D eigenvalue weighted by Gasteiger charge is 2.55. The van der Waals surface area contributed by atoms with Crippen molar-refractivity contribution in [3.05, 3.63) is 35.4 Å². The average molecular weight is 342 g/mol. The molecule has 2 fully saturated rings. The van der Waals surface area contributed by atoms with E-state index in [1.165, 1.54) is 0 Å². The molecular formula is C20H26N2O3. The third-order valence-electron chi connectivity index (χ3n) is 5.70. The van der Waals surface area contributed by atoms with E-state index in [9.17, 15) is 14.4 Å². The van der Waals surface area contributed by atoms with Crippen LogP contribution in [0.25, 0.3) is 0 Å². The van der Waals surface area contributed by atoms with Crippen LogP contribution >= 0.6 is 0 Å². The standard InChI is InChI=1S/C20H26N2O3/c1-13(2)15-7-9-16(10-8-15)17(23)12-22-18(24)20(21-19(22)25)11-5-4-6-14(20)3/h7-10,13-14H,4-6,11-12H2,1-3H3,(H,21,25)/t14-,20-/m1/s1. The highest BCUT2D eigenvalue weighted by molar-refractivity contribution is 6.11. The van der Waals surface area contributed by atoms with Crippen LogP contribution in [0.4, 0.5) is 4.79 Å². The highest BCUT2D eigenvalue weighted by Crippen LogP contribution is 2.38. The van der Waals surface area contributed by atoms with Crippen LogP contribution in [0.1, 0.15) is 68.3 Å². The number of nitrogens with one attached hydrogen (secondary N) is 1. The Balaban J connectivity index is 1.75. The molecule has 2 aliphatic rings. The molecule has 5 heteroatoms. The lowest BCUT2D eigenvalue weighted by atomic mass is 9.73. The van der Waals surface area contributed by atoms with E-state index in [2.05, 4.69) is 19.2 Å². The topological polar surface area (TPSA) is 66.5 Å². The third-order valence-corrected chi connectivity index (χ3v) is 5.70. The maximum absolute atomic E-state index is 12.9. The highest BCUT2D eigenvalue weighted by atomic mass is 16.2. The van der Waals surface area contributed by atoms with Crippen LogP contribution in [0, 0.1) is 5.92 Å². The Morgan fingerprint density at radius 3 is 2.52 bits per heavy atom. The Hall–Kier alpha value is -2.17. The number of Topliss-reactive ketones (excluding diaryl/α,β-unsaturated/α-hetero) is 1. The number of nitrogens with zero attached hydrogens (tertiary/aromatic N) is 1. The summed E-state index contributed by atoms with van der Waals surface area (Å²) in [4.78, 5) is 38.9. The number of hydrogen-bond acceptors (Lipinski definition) is 3. The first kappa shape index (κ1) is 17.6.